The summed E-state index contributed by atoms with van der Waals surface area (Å²) in [6, 6.07) is 0. The zero-order valence-electron chi connectivity index (χ0n) is 8.69. The van der Waals surface area contributed by atoms with E-state index in [1.807, 2.05) is 26.2 Å². The molecule has 0 aliphatic carbocycles. The van der Waals surface area contributed by atoms with Gasteiger partial charge < -0.3 is 5.73 Å². The molecule has 0 bridgehead atoms. The maximum atomic E-state index is 5.54. The molecule has 0 saturated carbocycles. The van der Waals surface area contributed by atoms with Gasteiger partial charge in [0.25, 0.3) is 0 Å². The molecule has 5 heteroatoms. The first kappa shape index (κ1) is 10.2. The summed E-state index contributed by atoms with van der Waals surface area (Å²) in [7, 11) is 0. The number of nitrogens with two attached hydrogens (primary N) is 1. The van der Waals surface area contributed by atoms with Gasteiger partial charge in [0.2, 0.25) is 0 Å². The zero-order valence-corrected chi connectivity index (χ0v) is 9.51. The van der Waals surface area contributed by atoms with Crippen LogP contribution in [0.5, 0.6) is 0 Å². The number of aryl methyl sites for hydroxylation is 2. The third kappa shape index (κ3) is 2.03. The molecule has 0 aromatic carbocycles. The maximum Gasteiger partial charge on any atom is 0.171 e. The largest absolute Gasteiger partial charge is 0.325 e. The second-order valence-corrected chi connectivity index (χ2v) is 4.39. The standard InChI is InChI=1S/C10H12N4S/c1-6-4-12-10(13-5-6)9-7(2)14-8(3-11)15-9/h4-5H,3,11H2,1-2H3. The van der Waals surface area contributed by atoms with Crippen molar-refractivity contribution >= 4 is 11.3 Å². The van der Waals surface area contributed by atoms with Crippen LogP contribution in [0.15, 0.2) is 12.4 Å². The monoisotopic (exact) mass is 220 g/mol. The molecule has 0 aliphatic heterocycles. The summed E-state index contributed by atoms with van der Waals surface area (Å²) in [6.07, 6.45) is 3.62. The van der Waals surface area contributed by atoms with Crippen LogP contribution in [-0.2, 0) is 6.54 Å². The van der Waals surface area contributed by atoms with Crippen molar-refractivity contribution in [2.45, 2.75) is 20.4 Å². The quantitative estimate of drug-likeness (QED) is 0.836. The second kappa shape index (κ2) is 4.04. The summed E-state index contributed by atoms with van der Waals surface area (Å²) in [4.78, 5) is 13.9. The minimum Gasteiger partial charge on any atom is -0.325 e. The Hall–Kier alpha value is -1.33. The Morgan fingerprint density at radius 3 is 2.47 bits per heavy atom. The van der Waals surface area contributed by atoms with E-state index in [2.05, 4.69) is 15.0 Å². The molecular formula is C10H12N4S. The van der Waals surface area contributed by atoms with E-state index in [1.54, 1.807) is 11.3 Å². The van der Waals surface area contributed by atoms with Crippen LogP contribution >= 0.6 is 11.3 Å². The summed E-state index contributed by atoms with van der Waals surface area (Å²) in [5, 5.41) is 0.923. The molecule has 0 fully saturated rings. The molecule has 2 heterocycles. The lowest BCUT2D eigenvalue weighted by atomic mass is 10.3. The lowest BCUT2D eigenvalue weighted by molar-refractivity contribution is 1.02. The Bertz CT molecular complexity index is 461. The van der Waals surface area contributed by atoms with Gasteiger partial charge >= 0.3 is 0 Å². The first-order chi connectivity index (χ1) is 7.20. The minimum absolute atomic E-state index is 0.470. The fraction of sp³-hybridized carbons (Fsp3) is 0.300. The van der Waals surface area contributed by atoms with E-state index in [0.29, 0.717) is 6.54 Å². The van der Waals surface area contributed by atoms with Crippen LogP contribution < -0.4 is 5.73 Å². The van der Waals surface area contributed by atoms with E-state index >= 15 is 0 Å². The molecule has 2 aromatic heterocycles. The Morgan fingerprint density at radius 2 is 1.93 bits per heavy atom. The van der Waals surface area contributed by atoms with Gasteiger partial charge in [0.05, 0.1) is 10.6 Å². The number of rotatable bonds is 2. The van der Waals surface area contributed by atoms with Crippen molar-refractivity contribution in [2.75, 3.05) is 0 Å². The lowest BCUT2D eigenvalue weighted by Gasteiger charge is -1.96. The maximum absolute atomic E-state index is 5.54. The van der Waals surface area contributed by atoms with Crippen molar-refractivity contribution in [3.05, 3.63) is 28.7 Å². The van der Waals surface area contributed by atoms with Crippen molar-refractivity contribution in [1.82, 2.24) is 15.0 Å². The Kier molecular flexibility index (Phi) is 2.75. The molecule has 0 spiro atoms. The van der Waals surface area contributed by atoms with Gasteiger partial charge in [-0.25, -0.2) is 15.0 Å². The van der Waals surface area contributed by atoms with Crippen LogP contribution in [0, 0.1) is 13.8 Å². The highest BCUT2D eigenvalue weighted by atomic mass is 32.1. The summed E-state index contributed by atoms with van der Waals surface area (Å²) < 4.78 is 0. The van der Waals surface area contributed by atoms with Gasteiger partial charge in [0, 0.05) is 18.9 Å². The van der Waals surface area contributed by atoms with Crippen molar-refractivity contribution < 1.29 is 0 Å². The average molecular weight is 220 g/mol. The smallest absolute Gasteiger partial charge is 0.171 e. The second-order valence-electron chi connectivity index (χ2n) is 3.31. The van der Waals surface area contributed by atoms with Gasteiger partial charge in [-0.15, -0.1) is 11.3 Å². The Morgan fingerprint density at radius 1 is 1.27 bits per heavy atom. The molecule has 0 radical (unpaired) electrons. The lowest BCUT2D eigenvalue weighted by Crippen LogP contribution is -1.94. The average Bonchev–Trinajstić information content (AvgIpc) is 2.61. The molecule has 4 nitrogen and oxygen atoms in total. The molecule has 0 saturated heterocycles. The van der Waals surface area contributed by atoms with Crippen LogP contribution in [0.25, 0.3) is 10.7 Å². The molecule has 0 amide bonds. The topological polar surface area (TPSA) is 64.7 Å². The fourth-order valence-electron chi connectivity index (χ4n) is 1.26. The molecular weight excluding hydrogens is 208 g/mol. The van der Waals surface area contributed by atoms with Crippen molar-refractivity contribution in [3.63, 3.8) is 0 Å². The number of nitrogens with zero attached hydrogens (tertiary/aromatic N) is 3. The molecule has 0 aliphatic rings. The first-order valence-electron chi connectivity index (χ1n) is 4.66. The summed E-state index contributed by atoms with van der Waals surface area (Å²) in [6.45, 7) is 4.39. The van der Waals surface area contributed by atoms with E-state index in [4.69, 9.17) is 5.73 Å². The highest BCUT2D eigenvalue weighted by molar-refractivity contribution is 7.15. The fourth-order valence-corrected chi connectivity index (χ4v) is 2.15. The molecule has 78 valence electrons. The van der Waals surface area contributed by atoms with Crippen LogP contribution in [0.1, 0.15) is 16.3 Å². The Labute approximate surface area is 92.2 Å². The van der Waals surface area contributed by atoms with E-state index in [0.717, 1.165) is 27.0 Å². The molecule has 15 heavy (non-hydrogen) atoms. The Balaban J connectivity index is 2.44. The van der Waals surface area contributed by atoms with Gasteiger partial charge in [-0.1, -0.05) is 0 Å². The van der Waals surface area contributed by atoms with E-state index < -0.39 is 0 Å². The summed E-state index contributed by atoms with van der Waals surface area (Å²) in [5.41, 5.74) is 7.55. The highest BCUT2D eigenvalue weighted by Gasteiger charge is 2.10. The predicted molar refractivity (Wildman–Crippen MR) is 60.5 cm³/mol. The molecule has 2 rings (SSSR count). The normalized spacial score (nSPS) is 10.6. The summed E-state index contributed by atoms with van der Waals surface area (Å²) in [5.74, 6) is 0.732. The van der Waals surface area contributed by atoms with Gasteiger partial charge in [-0.05, 0) is 19.4 Å². The SMILES string of the molecule is Cc1cnc(-c2sc(CN)nc2C)nc1. The summed E-state index contributed by atoms with van der Waals surface area (Å²) >= 11 is 1.56. The zero-order chi connectivity index (χ0) is 10.8. The predicted octanol–water partition coefficient (Wildman–Crippen LogP) is 1.68. The molecule has 2 aromatic rings. The third-order valence-electron chi connectivity index (χ3n) is 2.00. The number of thiazole rings is 1. The van der Waals surface area contributed by atoms with Crippen molar-refractivity contribution in [2.24, 2.45) is 5.73 Å². The van der Waals surface area contributed by atoms with E-state index in [-0.39, 0.29) is 0 Å². The highest BCUT2D eigenvalue weighted by Crippen LogP contribution is 2.26. The first-order valence-corrected chi connectivity index (χ1v) is 5.47. The molecule has 2 N–H and O–H groups in total. The molecule has 0 atom stereocenters. The third-order valence-corrected chi connectivity index (χ3v) is 3.18. The van der Waals surface area contributed by atoms with Gasteiger partial charge in [0.15, 0.2) is 5.82 Å². The van der Waals surface area contributed by atoms with E-state index in [1.165, 1.54) is 0 Å². The van der Waals surface area contributed by atoms with E-state index in [9.17, 15) is 0 Å². The van der Waals surface area contributed by atoms with Gasteiger partial charge in [0.1, 0.15) is 5.01 Å². The van der Waals surface area contributed by atoms with Crippen LogP contribution in [0.4, 0.5) is 0 Å². The number of hydrogen-bond donors (Lipinski definition) is 1. The molecule has 0 unspecified atom stereocenters. The number of hydrogen-bond acceptors (Lipinski definition) is 5. The van der Waals surface area contributed by atoms with Crippen LogP contribution in [0.2, 0.25) is 0 Å². The van der Waals surface area contributed by atoms with Crippen molar-refractivity contribution in [1.29, 1.82) is 0 Å². The minimum atomic E-state index is 0.470. The van der Waals surface area contributed by atoms with Gasteiger partial charge in [-0.2, -0.15) is 0 Å². The number of aromatic nitrogens is 3. The van der Waals surface area contributed by atoms with Crippen LogP contribution in [0.3, 0.4) is 0 Å². The van der Waals surface area contributed by atoms with Crippen LogP contribution in [-0.4, -0.2) is 15.0 Å². The van der Waals surface area contributed by atoms with Gasteiger partial charge in [-0.3, -0.25) is 0 Å². The van der Waals surface area contributed by atoms with Crippen molar-refractivity contribution in [3.8, 4) is 10.7 Å².